The minimum absolute atomic E-state index is 0.175. The van der Waals surface area contributed by atoms with Crippen molar-refractivity contribution in [2.24, 2.45) is 16.5 Å². The van der Waals surface area contributed by atoms with Gasteiger partial charge in [0.1, 0.15) is 11.9 Å². The summed E-state index contributed by atoms with van der Waals surface area (Å²) < 4.78 is 35.7. The highest BCUT2D eigenvalue weighted by Gasteiger charge is 2.34. The van der Waals surface area contributed by atoms with E-state index in [1.165, 1.54) is 48.9 Å². The fourth-order valence-electron chi connectivity index (χ4n) is 6.07. The number of rotatable bonds is 8. The third-order valence-corrected chi connectivity index (χ3v) is 8.64. The molecule has 2 saturated heterocycles. The molecule has 2 aromatic rings. The van der Waals surface area contributed by atoms with Gasteiger partial charge in [-0.15, -0.1) is 0 Å². The summed E-state index contributed by atoms with van der Waals surface area (Å²) in [6.07, 6.45) is 7.46. The molecule has 6 nitrogen and oxygen atoms in total. The maximum atomic E-state index is 15.0. The van der Waals surface area contributed by atoms with Gasteiger partial charge in [-0.3, -0.25) is 4.79 Å². The fourth-order valence-corrected chi connectivity index (χ4v) is 6.07. The van der Waals surface area contributed by atoms with E-state index >= 15 is 0 Å². The van der Waals surface area contributed by atoms with Crippen LogP contribution in [0.5, 0.6) is 5.75 Å². The summed E-state index contributed by atoms with van der Waals surface area (Å²) in [4.78, 5) is 27.8. The zero-order valence-electron chi connectivity index (χ0n) is 22.1. The Hall–Kier alpha value is -2.87. The lowest BCUT2D eigenvalue weighted by molar-refractivity contribution is 0.0561. The molecule has 38 heavy (non-hydrogen) atoms. The van der Waals surface area contributed by atoms with Crippen molar-refractivity contribution in [1.82, 2.24) is 9.80 Å². The number of ether oxygens (including phenoxy) is 1. The highest BCUT2D eigenvalue weighted by Crippen LogP contribution is 2.41. The number of carbonyl (C=O) groups excluding carboxylic acids is 1. The van der Waals surface area contributed by atoms with Gasteiger partial charge in [0.05, 0.1) is 6.61 Å². The Balaban J connectivity index is 1.16. The number of benzene rings is 2. The first kappa shape index (κ1) is 26.7. The summed E-state index contributed by atoms with van der Waals surface area (Å²) in [5, 5.41) is 3.05. The largest absolute Gasteiger partial charge is 0.490 e. The molecular formula is C30H37F2N3O3. The van der Waals surface area contributed by atoms with Gasteiger partial charge in [-0.1, -0.05) is 30.7 Å². The Kier molecular flexibility index (Phi) is 8.07. The van der Waals surface area contributed by atoms with Gasteiger partial charge in [0, 0.05) is 30.8 Å². The second-order valence-corrected chi connectivity index (χ2v) is 11.7. The van der Waals surface area contributed by atoms with E-state index in [1.54, 1.807) is 18.2 Å². The van der Waals surface area contributed by atoms with Gasteiger partial charge in [-0.05, 0) is 92.8 Å². The topological polar surface area (TPSA) is 62.2 Å². The Morgan fingerprint density at radius 1 is 1.03 bits per heavy atom. The monoisotopic (exact) mass is 525 g/mol. The first-order chi connectivity index (χ1) is 18.3. The number of hydrogen-bond acceptors (Lipinski definition) is 5. The summed E-state index contributed by atoms with van der Waals surface area (Å²) in [7, 11) is 0. The lowest BCUT2D eigenvalue weighted by Gasteiger charge is -2.44. The second kappa shape index (κ2) is 11.5. The zero-order valence-corrected chi connectivity index (χ0v) is 22.1. The number of carbonyl (C=O) groups is 1. The van der Waals surface area contributed by atoms with Gasteiger partial charge in [-0.2, -0.15) is 4.91 Å². The lowest BCUT2D eigenvalue weighted by atomic mass is 9.70. The van der Waals surface area contributed by atoms with Crippen molar-refractivity contribution in [2.45, 2.75) is 57.9 Å². The first-order valence-electron chi connectivity index (χ1n) is 13.9. The Labute approximate surface area is 223 Å². The van der Waals surface area contributed by atoms with Crippen molar-refractivity contribution in [1.29, 1.82) is 0 Å². The summed E-state index contributed by atoms with van der Waals surface area (Å²) in [5.41, 5.74) is 1.29. The number of halogens is 2. The average Bonchev–Trinajstić information content (AvgIpc) is 2.92. The number of nitroso groups, excluding NO2 is 1. The van der Waals surface area contributed by atoms with Gasteiger partial charge >= 0.3 is 0 Å². The Bertz CT molecular complexity index is 1160. The van der Waals surface area contributed by atoms with Crippen molar-refractivity contribution in [3.63, 3.8) is 0 Å². The van der Waals surface area contributed by atoms with E-state index in [4.69, 9.17) is 4.74 Å². The van der Waals surface area contributed by atoms with Crippen molar-refractivity contribution in [3.05, 3.63) is 58.5 Å². The van der Waals surface area contributed by atoms with Crippen molar-refractivity contribution < 1.29 is 18.3 Å². The van der Waals surface area contributed by atoms with Crippen molar-refractivity contribution in [2.75, 3.05) is 39.3 Å². The Morgan fingerprint density at radius 3 is 2.47 bits per heavy atom. The van der Waals surface area contributed by atoms with E-state index in [9.17, 15) is 18.5 Å². The number of hydrogen-bond donors (Lipinski definition) is 0. The summed E-state index contributed by atoms with van der Waals surface area (Å²) in [5.74, 6) is -0.887. The van der Waals surface area contributed by atoms with Gasteiger partial charge < -0.3 is 14.5 Å². The van der Waals surface area contributed by atoms with Crippen LogP contribution in [0.4, 0.5) is 8.78 Å². The molecule has 3 aliphatic rings. The molecule has 0 radical (unpaired) electrons. The molecule has 0 aromatic heterocycles. The van der Waals surface area contributed by atoms with Gasteiger partial charge in [0.15, 0.2) is 11.6 Å². The van der Waals surface area contributed by atoms with E-state index < -0.39 is 17.7 Å². The van der Waals surface area contributed by atoms with Crippen LogP contribution >= 0.6 is 0 Å². The molecule has 1 aliphatic carbocycles. The molecule has 0 N–H and O–H groups in total. The van der Waals surface area contributed by atoms with E-state index in [-0.39, 0.29) is 29.3 Å². The van der Waals surface area contributed by atoms with Crippen LogP contribution in [0.25, 0.3) is 11.1 Å². The third-order valence-electron chi connectivity index (χ3n) is 8.64. The molecule has 0 bridgehead atoms. The van der Waals surface area contributed by atoms with Crippen LogP contribution in [-0.2, 0) is 0 Å². The minimum atomic E-state index is -0.603. The minimum Gasteiger partial charge on any atom is -0.490 e. The normalized spacial score (nSPS) is 22.1. The Morgan fingerprint density at radius 2 is 1.82 bits per heavy atom. The number of likely N-dealkylation sites (tertiary alicyclic amines) is 2. The number of amides is 1. The molecule has 8 heteroatoms. The van der Waals surface area contributed by atoms with E-state index in [1.807, 2.05) is 0 Å². The SMILES string of the molecule is CC1(CN2CCC(COc3ccc(-c4ccc(C(=O)N5CCCC(N=O)C5)cc4F)cc3F)CC2)CCC1. The van der Waals surface area contributed by atoms with Gasteiger partial charge in [0.2, 0.25) is 0 Å². The smallest absolute Gasteiger partial charge is 0.254 e. The van der Waals surface area contributed by atoms with Crippen LogP contribution < -0.4 is 4.74 Å². The van der Waals surface area contributed by atoms with Crippen LogP contribution in [-0.4, -0.2) is 61.1 Å². The molecular weight excluding hydrogens is 488 g/mol. The maximum Gasteiger partial charge on any atom is 0.254 e. The molecule has 204 valence electrons. The number of nitrogens with zero attached hydrogens (tertiary/aromatic N) is 3. The fraction of sp³-hybridized carbons (Fsp3) is 0.567. The highest BCUT2D eigenvalue weighted by molar-refractivity contribution is 5.95. The van der Waals surface area contributed by atoms with E-state index in [0.29, 0.717) is 42.9 Å². The molecule has 1 amide bonds. The molecule has 2 aliphatic heterocycles. The summed E-state index contributed by atoms with van der Waals surface area (Å²) >= 11 is 0. The second-order valence-electron chi connectivity index (χ2n) is 11.7. The van der Waals surface area contributed by atoms with E-state index in [2.05, 4.69) is 17.0 Å². The maximum absolute atomic E-state index is 15.0. The van der Waals surface area contributed by atoms with Gasteiger partial charge in [-0.25, -0.2) is 8.78 Å². The van der Waals surface area contributed by atoms with Crippen LogP contribution in [0.3, 0.4) is 0 Å². The van der Waals surface area contributed by atoms with Gasteiger partial charge in [0.25, 0.3) is 5.91 Å². The average molecular weight is 526 g/mol. The summed E-state index contributed by atoms with van der Waals surface area (Å²) in [6, 6.07) is 8.27. The van der Waals surface area contributed by atoms with Crippen LogP contribution in [0, 0.1) is 27.9 Å². The predicted octanol–water partition coefficient (Wildman–Crippen LogP) is 6.28. The molecule has 1 saturated carbocycles. The van der Waals surface area contributed by atoms with E-state index in [0.717, 1.165) is 25.9 Å². The highest BCUT2D eigenvalue weighted by atomic mass is 19.1. The quantitative estimate of drug-likeness (QED) is 0.381. The van der Waals surface area contributed by atoms with Crippen molar-refractivity contribution >= 4 is 5.91 Å². The molecule has 1 atom stereocenters. The molecule has 5 rings (SSSR count). The third kappa shape index (κ3) is 6.06. The van der Waals surface area contributed by atoms with Crippen LogP contribution in [0.15, 0.2) is 41.6 Å². The van der Waals surface area contributed by atoms with Crippen LogP contribution in [0.2, 0.25) is 0 Å². The molecule has 1 unspecified atom stereocenters. The predicted molar refractivity (Wildman–Crippen MR) is 143 cm³/mol. The molecule has 0 spiro atoms. The number of piperidine rings is 2. The standard InChI is InChI=1S/C30H37F2N3O3/c1-30(11-3-12-30)20-34-14-9-21(10-15-34)19-38-28-8-6-22(16-27(28)32)25-7-5-23(17-26(25)31)29(36)35-13-2-4-24(18-35)33-37/h5-8,16-17,21,24H,2-4,9-15,18-20H2,1H3. The molecule has 3 fully saturated rings. The van der Waals surface area contributed by atoms with Crippen LogP contribution in [0.1, 0.15) is 62.2 Å². The summed E-state index contributed by atoms with van der Waals surface area (Å²) in [6.45, 7) is 6.93. The molecule has 2 aromatic carbocycles. The molecule has 2 heterocycles. The van der Waals surface area contributed by atoms with Crippen molar-refractivity contribution in [3.8, 4) is 16.9 Å². The first-order valence-corrected chi connectivity index (χ1v) is 13.9. The lowest BCUT2D eigenvalue weighted by Crippen LogP contribution is -2.44. The zero-order chi connectivity index (χ0) is 26.7.